The Morgan fingerprint density at radius 2 is 1.77 bits per heavy atom. The minimum atomic E-state index is -0.778. The van der Waals surface area contributed by atoms with Crippen LogP contribution in [0.1, 0.15) is 20.3 Å². The number of benzene rings is 1. The van der Waals surface area contributed by atoms with E-state index in [0.717, 1.165) is 0 Å². The summed E-state index contributed by atoms with van der Waals surface area (Å²) in [5.41, 5.74) is 10.5. The van der Waals surface area contributed by atoms with Gasteiger partial charge in [-0.3, -0.25) is 15.6 Å². The van der Waals surface area contributed by atoms with Crippen molar-refractivity contribution >= 4 is 52.4 Å². The molecule has 122 valence electrons. The van der Waals surface area contributed by atoms with Crippen LogP contribution in [-0.4, -0.2) is 18.0 Å². The number of anilines is 1. The molecule has 1 aromatic rings. The van der Waals surface area contributed by atoms with Crippen LogP contribution >= 0.6 is 34.8 Å². The van der Waals surface area contributed by atoms with Gasteiger partial charge in [0.2, 0.25) is 0 Å². The van der Waals surface area contributed by atoms with Gasteiger partial charge in [-0.25, -0.2) is 4.79 Å². The van der Waals surface area contributed by atoms with Gasteiger partial charge in [-0.1, -0.05) is 55.1 Å². The lowest BCUT2D eigenvalue weighted by atomic mass is 9.99. The van der Waals surface area contributed by atoms with Gasteiger partial charge < -0.3 is 11.1 Å². The molecule has 0 saturated carbocycles. The van der Waals surface area contributed by atoms with E-state index in [1.807, 2.05) is 13.8 Å². The summed E-state index contributed by atoms with van der Waals surface area (Å²) in [4.78, 5) is 23.2. The predicted octanol–water partition coefficient (Wildman–Crippen LogP) is 3.17. The van der Waals surface area contributed by atoms with Crippen LogP contribution < -0.4 is 21.9 Å². The number of nitrogens with one attached hydrogen (secondary N) is 3. The number of rotatable bonds is 6. The molecule has 0 bridgehead atoms. The lowest BCUT2D eigenvalue weighted by molar-refractivity contribution is -0.123. The van der Waals surface area contributed by atoms with Crippen LogP contribution in [0.4, 0.5) is 10.5 Å². The van der Waals surface area contributed by atoms with Gasteiger partial charge in [-0.15, -0.1) is 0 Å². The summed E-state index contributed by atoms with van der Waals surface area (Å²) in [6.07, 6.45) is 0.681. The molecule has 3 amide bonds. The Labute approximate surface area is 143 Å². The lowest BCUT2D eigenvalue weighted by Crippen LogP contribution is -2.52. The maximum absolute atomic E-state index is 12.2. The van der Waals surface area contributed by atoms with Crippen LogP contribution in [0.3, 0.4) is 0 Å². The minimum absolute atomic E-state index is 0.106. The van der Waals surface area contributed by atoms with E-state index in [1.54, 1.807) is 0 Å². The maximum Gasteiger partial charge on any atom is 0.312 e. The molecule has 1 rings (SSSR count). The number of amides is 3. The highest BCUT2D eigenvalue weighted by atomic mass is 35.5. The lowest BCUT2D eigenvalue weighted by Gasteiger charge is -2.23. The van der Waals surface area contributed by atoms with Crippen molar-refractivity contribution in [2.45, 2.75) is 26.3 Å². The molecule has 22 heavy (non-hydrogen) atoms. The summed E-state index contributed by atoms with van der Waals surface area (Å²) in [6, 6.07) is 1.41. The van der Waals surface area contributed by atoms with E-state index < -0.39 is 18.0 Å². The second-order valence-corrected chi connectivity index (χ2v) is 5.98. The fraction of sp³-hybridized carbons (Fsp3) is 0.385. The zero-order valence-electron chi connectivity index (χ0n) is 12.0. The highest BCUT2D eigenvalue weighted by molar-refractivity contribution is 6.41. The van der Waals surface area contributed by atoms with Gasteiger partial charge in [0.1, 0.15) is 6.04 Å². The van der Waals surface area contributed by atoms with E-state index in [9.17, 15) is 9.59 Å². The first kappa shape index (κ1) is 18.7. The van der Waals surface area contributed by atoms with E-state index in [2.05, 4.69) is 16.2 Å². The second kappa shape index (κ2) is 8.31. The number of primary amides is 1. The predicted molar refractivity (Wildman–Crippen MR) is 89.2 cm³/mol. The van der Waals surface area contributed by atoms with Gasteiger partial charge in [0.25, 0.3) is 5.91 Å². The monoisotopic (exact) mass is 366 g/mol. The SMILES string of the molecule is CCC(C)C(NC(N)=O)C(=O)NNc1c(Cl)cc(Cl)cc1Cl. The van der Waals surface area contributed by atoms with Crippen molar-refractivity contribution in [3.05, 3.63) is 27.2 Å². The number of carbonyl (C=O) groups excluding carboxylic acids is 2. The Balaban J connectivity index is 2.81. The smallest absolute Gasteiger partial charge is 0.312 e. The Morgan fingerprint density at radius 3 is 2.23 bits per heavy atom. The van der Waals surface area contributed by atoms with Gasteiger partial charge >= 0.3 is 6.03 Å². The van der Waals surface area contributed by atoms with Gasteiger partial charge in [-0.2, -0.15) is 0 Å². The standard InChI is InChI=1S/C13H17Cl3N4O2/c1-3-6(2)10(18-13(17)22)12(21)20-19-11-8(15)4-7(14)5-9(11)16/h4-6,10,19H,3H2,1-2H3,(H,20,21)(H3,17,18,22). The van der Waals surface area contributed by atoms with Gasteiger partial charge in [0.15, 0.2) is 0 Å². The number of urea groups is 1. The third-order valence-electron chi connectivity index (χ3n) is 3.11. The normalized spacial score (nSPS) is 13.1. The molecule has 2 atom stereocenters. The van der Waals surface area contributed by atoms with Crippen LogP contribution in [0.15, 0.2) is 12.1 Å². The van der Waals surface area contributed by atoms with Crippen molar-refractivity contribution in [3.8, 4) is 0 Å². The van der Waals surface area contributed by atoms with Crippen molar-refractivity contribution < 1.29 is 9.59 Å². The largest absolute Gasteiger partial charge is 0.352 e. The highest BCUT2D eigenvalue weighted by Crippen LogP contribution is 2.33. The molecule has 0 aromatic heterocycles. The molecular formula is C13H17Cl3N4O2. The Morgan fingerprint density at radius 1 is 1.23 bits per heavy atom. The summed E-state index contributed by atoms with van der Waals surface area (Å²) >= 11 is 17.8. The van der Waals surface area contributed by atoms with Crippen LogP contribution in [-0.2, 0) is 4.79 Å². The molecule has 0 radical (unpaired) electrons. The third kappa shape index (κ3) is 5.12. The number of halogens is 3. The van der Waals surface area contributed by atoms with Crippen molar-refractivity contribution in [3.63, 3.8) is 0 Å². The highest BCUT2D eigenvalue weighted by Gasteiger charge is 2.25. The zero-order chi connectivity index (χ0) is 16.9. The molecule has 0 saturated heterocycles. The summed E-state index contributed by atoms with van der Waals surface area (Å²) in [6.45, 7) is 3.72. The molecule has 0 heterocycles. The van der Waals surface area contributed by atoms with Crippen molar-refractivity contribution in [2.75, 3.05) is 5.43 Å². The van der Waals surface area contributed by atoms with Crippen LogP contribution in [0, 0.1) is 5.92 Å². The molecule has 0 fully saturated rings. The van der Waals surface area contributed by atoms with Gasteiger partial charge in [0.05, 0.1) is 15.7 Å². The summed E-state index contributed by atoms with van der Waals surface area (Å²) in [5, 5.41) is 3.28. The average molecular weight is 368 g/mol. The topological polar surface area (TPSA) is 96.2 Å². The fourth-order valence-corrected chi connectivity index (χ4v) is 2.63. The van der Waals surface area contributed by atoms with E-state index in [1.165, 1.54) is 12.1 Å². The Bertz CT molecular complexity index is 545. The quantitative estimate of drug-likeness (QED) is 0.581. The number of nitrogens with two attached hydrogens (primary N) is 1. The van der Waals surface area contributed by atoms with E-state index in [0.29, 0.717) is 17.1 Å². The van der Waals surface area contributed by atoms with Crippen LogP contribution in [0.5, 0.6) is 0 Å². The minimum Gasteiger partial charge on any atom is -0.352 e. The number of hydrogen-bond acceptors (Lipinski definition) is 3. The average Bonchev–Trinajstić information content (AvgIpc) is 2.42. The molecular weight excluding hydrogens is 351 g/mol. The first-order valence-electron chi connectivity index (χ1n) is 6.52. The molecule has 0 aliphatic rings. The number of hydrazine groups is 1. The van der Waals surface area contributed by atoms with Crippen LogP contribution in [0.25, 0.3) is 0 Å². The molecule has 1 aromatic carbocycles. The zero-order valence-corrected chi connectivity index (χ0v) is 14.3. The molecule has 5 N–H and O–H groups in total. The Hall–Kier alpha value is -1.37. The number of carbonyl (C=O) groups is 2. The van der Waals surface area contributed by atoms with E-state index in [4.69, 9.17) is 40.5 Å². The number of hydrogen-bond donors (Lipinski definition) is 4. The van der Waals surface area contributed by atoms with Crippen molar-refractivity contribution in [1.29, 1.82) is 0 Å². The Kier molecular flexibility index (Phi) is 7.06. The second-order valence-electron chi connectivity index (χ2n) is 4.73. The summed E-state index contributed by atoms with van der Waals surface area (Å²) in [5.74, 6) is -0.569. The molecule has 2 unspecified atom stereocenters. The summed E-state index contributed by atoms with van der Waals surface area (Å²) < 4.78 is 0. The first-order chi connectivity index (χ1) is 10.3. The molecule has 0 aliphatic carbocycles. The van der Waals surface area contributed by atoms with Crippen molar-refractivity contribution in [2.24, 2.45) is 11.7 Å². The molecule has 9 heteroatoms. The fourth-order valence-electron chi connectivity index (χ4n) is 1.72. The van der Waals surface area contributed by atoms with Gasteiger partial charge in [-0.05, 0) is 18.1 Å². The summed E-state index contributed by atoms with van der Waals surface area (Å²) in [7, 11) is 0. The van der Waals surface area contributed by atoms with E-state index >= 15 is 0 Å². The van der Waals surface area contributed by atoms with Crippen LogP contribution in [0.2, 0.25) is 15.1 Å². The molecule has 6 nitrogen and oxygen atoms in total. The van der Waals surface area contributed by atoms with Crippen molar-refractivity contribution in [1.82, 2.24) is 10.7 Å². The van der Waals surface area contributed by atoms with Gasteiger partial charge in [0, 0.05) is 5.02 Å². The first-order valence-corrected chi connectivity index (χ1v) is 7.66. The van der Waals surface area contributed by atoms with E-state index in [-0.39, 0.29) is 16.0 Å². The molecule has 0 spiro atoms. The maximum atomic E-state index is 12.2. The third-order valence-corrected chi connectivity index (χ3v) is 3.93. The molecule has 0 aliphatic heterocycles.